The summed E-state index contributed by atoms with van der Waals surface area (Å²) in [5.41, 5.74) is -0.529. The fraction of sp³-hybridized carbons (Fsp3) is 0.750. The van der Waals surface area contributed by atoms with Crippen molar-refractivity contribution < 1.29 is 19.5 Å². The average Bonchev–Trinajstić information content (AvgIpc) is 2.80. The Morgan fingerprint density at radius 2 is 1.61 bits per heavy atom. The van der Waals surface area contributed by atoms with E-state index >= 15 is 0 Å². The number of carbonyl (C=O) groups excluding carboxylic acids is 2. The second-order valence-electron chi connectivity index (χ2n) is 5.60. The van der Waals surface area contributed by atoms with Crippen LogP contribution in [0.5, 0.6) is 0 Å². The van der Waals surface area contributed by atoms with Crippen LogP contribution in [-0.2, 0) is 14.4 Å². The van der Waals surface area contributed by atoms with E-state index in [1.54, 1.807) is 27.9 Å². The molecule has 1 aliphatic rings. The molecule has 0 aromatic carbocycles. The number of nitrogens with zero attached hydrogens (tertiary/aromatic N) is 2. The van der Waals surface area contributed by atoms with E-state index < -0.39 is 23.2 Å². The Morgan fingerprint density at radius 1 is 1.11 bits per heavy atom. The van der Waals surface area contributed by atoms with Gasteiger partial charge in [0.25, 0.3) is 0 Å². The van der Waals surface area contributed by atoms with Gasteiger partial charge in [-0.2, -0.15) is 0 Å². The summed E-state index contributed by atoms with van der Waals surface area (Å²) < 4.78 is 0. The first-order chi connectivity index (χ1) is 8.10. The topological polar surface area (TPSA) is 77.9 Å². The van der Waals surface area contributed by atoms with Crippen molar-refractivity contribution in [3.63, 3.8) is 0 Å². The molecule has 2 unspecified atom stereocenters. The minimum atomic E-state index is -0.953. The first-order valence-electron chi connectivity index (χ1n) is 5.78. The maximum atomic E-state index is 12.1. The highest BCUT2D eigenvalue weighted by Crippen LogP contribution is 2.58. The van der Waals surface area contributed by atoms with Gasteiger partial charge in [-0.1, -0.05) is 13.8 Å². The number of likely N-dealkylation sites (N-methyl/N-ethyl adjacent to an activating group) is 2. The van der Waals surface area contributed by atoms with Crippen LogP contribution in [-0.4, -0.2) is 60.4 Å². The maximum absolute atomic E-state index is 12.1. The van der Waals surface area contributed by atoms with Crippen molar-refractivity contribution in [3.8, 4) is 0 Å². The van der Waals surface area contributed by atoms with E-state index in [-0.39, 0.29) is 18.4 Å². The highest BCUT2D eigenvalue weighted by molar-refractivity contribution is 5.93. The Kier molecular flexibility index (Phi) is 3.69. The van der Waals surface area contributed by atoms with E-state index in [4.69, 9.17) is 5.11 Å². The lowest BCUT2D eigenvalue weighted by atomic mass is 10.1. The van der Waals surface area contributed by atoms with E-state index in [1.807, 2.05) is 0 Å². The molecule has 1 N–H and O–H groups in total. The van der Waals surface area contributed by atoms with Gasteiger partial charge in [0, 0.05) is 21.1 Å². The molecule has 0 aliphatic heterocycles. The third kappa shape index (κ3) is 2.47. The summed E-state index contributed by atoms with van der Waals surface area (Å²) in [4.78, 5) is 37.3. The smallest absolute Gasteiger partial charge is 0.307 e. The molecular weight excluding hydrogens is 236 g/mol. The Balaban J connectivity index is 2.67. The quantitative estimate of drug-likeness (QED) is 0.761. The lowest BCUT2D eigenvalue weighted by Crippen LogP contribution is -2.39. The molecule has 6 nitrogen and oxygen atoms in total. The lowest BCUT2D eigenvalue weighted by molar-refractivity contribution is -0.142. The molecule has 0 aromatic heterocycles. The normalized spacial score (nSPS) is 24.3. The van der Waals surface area contributed by atoms with Crippen LogP contribution in [0.25, 0.3) is 0 Å². The third-order valence-corrected chi connectivity index (χ3v) is 3.61. The monoisotopic (exact) mass is 256 g/mol. The molecule has 0 radical (unpaired) electrons. The van der Waals surface area contributed by atoms with E-state index in [0.29, 0.717) is 0 Å². The fourth-order valence-corrected chi connectivity index (χ4v) is 2.22. The summed E-state index contributed by atoms with van der Waals surface area (Å²) >= 11 is 0. The van der Waals surface area contributed by atoms with Crippen LogP contribution in [0.2, 0.25) is 0 Å². The van der Waals surface area contributed by atoms with Crippen molar-refractivity contribution in [1.82, 2.24) is 9.80 Å². The van der Waals surface area contributed by atoms with E-state index in [9.17, 15) is 14.4 Å². The fourth-order valence-electron chi connectivity index (χ4n) is 2.22. The molecule has 0 spiro atoms. The average molecular weight is 256 g/mol. The zero-order valence-electron chi connectivity index (χ0n) is 11.4. The molecule has 1 rings (SSSR count). The Morgan fingerprint density at radius 3 is 1.94 bits per heavy atom. The van der Waals surface area contributed by atoms with Crippen molar-refractivity contribution >= 4 is 17.8 Å². The van der Waals surface area contributed by atoms with Crippen molar-refractivity contribution in [2.75, 3.05) is 27.7 Å². The van der Waals surface area contributed by atoms with Gasteiger partial charge < -0.3 is 14.9 Å². The number of rotatable bonds is 4. The van der Waals surface area contributed by atoms with Crippen molar-refractivity contribution in [1.29, 1.82) is 0 Å². The largest absolute Gasteiger partial charge is 0.481 e. The molecule has 1 fully saturated rings. The molecule has 6 heteroatoms. The zero-order valence-corrected chi connectivity index (χ0v) is 11.4. The van der Waals surface area contributed by atoms with E-state index in [1.165, 1.54) is 16.8 Å². The number of amides is 2. The van der Waals surface area contributed by atoms with Gasteiger partial charge in [-0.05, 0) is 5.41 Å². The molecule has 0 heterocycles. The van der Waals surface area contributed by atoms with Gasteiger partial charge in [0.2, 0.25) is 11.8 Å². The minimum Gasteiger partial charge on any atom is -0.481 e. The molecule has 102 valence electrons. The van der Waals surface area contributed by atoms with E-state index in [2.05, 4.69) is 0 Å². The molecule has 18 heavy (non-hydrogen) atoms. The number of carboxylic acid groups (broad SMARTS) is 1. The van der Waals surface area contributed by atoms with Gasteiger partial charge in [0.1, 0.15) is 0 Å². The number of hydrogen-bond donors (Lipinski definition) is 1. The molecule has 0 aromatic rings. The van der Waals surface area contributed by atoms with Gasteiger partial charge in [0.05, 0.1) is 18.4 Å². The molecule has 1 saturated carbocycles. The summed E-state index contributed by atoms with van der Waals surface area (Å²) in [6.45, 7) is 3.50. The number of carboxylic acids is 1. The predicted molar refractivity (Wildman–Crippen MR) is 64.7 cm³/mol. The first-order valence-corrected chi connectivity index (χ1v) is 5.78. The van der Waals surface area contributed by atoms with Gasteiger partial charge in [0.15, 0.2) is 0 Å². The second kappa shape index (κ2) is 4.59. The number of carbonyl (C=O) groups is 3. The van der Waals surface area contributed by atoms with Crippen LogP contribution in [0, 0.1) is 17.3 Å². The van der Waals surface area contributed by atoms with Crippen LogP contribution < -0.4 is 0 Å². The molecule has 2 amide bonds. The van der Waals surface area contributed by atoms with Crippen LogP contribution >= 0.6 is 0 Å². The summed E-state index contributed by atoms with van der Waals surface area (Å²) in [7, 11) is 4.75. The number of hydrogen-bond acceptors (Lipinski definition) is 3. The third-order valence-electron chi connectivity index (χ3n) is 3.61. The SMILES string of the molecule is CN(C)C(=O)CN(C)C(=O)C1C(C(=O)O)C1(C)C. The first kappa shape index (κ1) is 14.5. The van der Waals surface area contributed by atoms with Gasteiger partial charge in [-0.15, -0.1) is 0 Å². The zero-order chi connectivity index (χ0) is 14.2. The molecule has 0 bridgehead atoms. The summed E-state index contributed by atoms with van der Waals surface area (Å²) in [5, 5.41) is 9.01. The molecule has 0 saturated heterocycles. The van der Waals surface area contributed by atoms with Crippen molar-refractivity contribution in [2.45, 2.75) is 13.8 Å². The van der Waals surface area contributed by atoms with Gasteiger partial charge in [-0.3, -0.25) is 14.4 Å². The van der Waals surface area contributed by atoms with Gasteiger partial charge in [-0.25, -0.2) is 0 Å². The van der Waals surface area contributed by atoms with Crippen LogP contribution in [0.4, 0.5) is 0 Å². The molecule has 1 aliphatic carbocycles. The highest BCUT2D eigenvalue weighted by atomic mass is 16.4. The van der Waals surface area contributed by atoms with E-state index in [0.717, 1.165) is 0 Å². The molecular formula is C12H20N2O4. The van der Waals surface area contributed by atoms with Crippen LogP contribution in [0.15, 0.2) is 0 Å². The standard InChI is InChI=1S/C12H20N2O4/c1-12(2)8(9(12)11(17)18)10(16)14(5)6-7(15)13(3)4/h8-9H,6H2,1-5H3,(H,17,18). The van der Waals surface area contributed by atoms with Crippen LogP contribution in [0.1, 0.15) is 13.8 Å². The minimum absolute atomic E-state index is 0.0231. The Hall–Kier alpha value is -1.59. The van der Waals surface area contributed by atoms with Crippen molar-refractivity contribution in [3.05, 3.63) is 0 Å². The summed E-state index contributed by atoms with van der Waals surface area (Å²) in [6.07, 6.45) is 0. The van der Waals surface area contributed by atoms with Gasteiger partial charge >= 0.3 is 5.97 Å². The van der Waals surface area contributed by atoms with Crippen LogP contribution in [0.3, 0.4) is 0 Å². The van der Waals surface area contributed by atoms with Crippen molar-refractivity contribution in [2.24, 2.45) is 17.3 Å². The predicted octanol–water partition coefficient (Wildman–Crippen LogP) is -0.110. The summed E-state index contributed by atoms with van der Waals surface area (Å²) in [6, 6.07) is 0. The maximum Gasteiger partial charge on any atom is 0.307 e. The highest BCUT2D eigenvalue weighted by Gasteiger charge is 2.66. The lowest BCUT2D eigenvalue weighted by Gasteiger charge is -2.19. The summed E-state index contributed by atoms with van der Waals surface area (Å²) in [5.74, 6) is -2.60. The number of aliphatic carboxylic acids is 1. The molecule has 2 atom stereocenters. The Labute approximate surface area is 107 Å². The Bertz CT molecular complexity index is 390. The second-order valence-corrected chi connectivity index (χ2v) is 5.60.